The highest BCUT2D eigenvalue weighted by molar-refractivity contribution is 6.35. The molecule has 2 aliphatic heterocycles. The molecule has 0 amide bonds. The van der Waals surface area contributed by atoms with Crippen LogP contribution in [-0.4, -0.2) is 60.0 Å². The highest BCUT2D eigenvalue weighted by Gasteiger charge is 2.29. The van der Waals surface area contributed by atoms with E-state index in [1.807, 2.05) is 11.1 Å². The number of rotatable bonds is 2. The number of benzene rings is 1. The first kappa shape index (κ1) is 14.0. The van der Waals surface area contributed by atoms with Crippen LogP contribution in [0.25, 0.3) is 10.9 Å². The predicted molar refractivity (Wildman–Crippen MR) is 85.1 cm³/mol. The lowest BCUT2D eigenvalue weighted by atomic mass is 10.2. The molecule has 0 radical (unpaired) electrons. The normalized spacial score (nSPS) is 20.3. The van der Waals surface area contributed by atoms with Gasteiger partial charge in [0.1, 0.15) is 6.33 Å². The standard InChI is InChI=1S/C15H17ClN4O2/c16-12-2-1-3-13-14(12)15(21)20(10-17-13)19-6-4-18(5-7-19)11-8-22-9-11/h1-3,10-11H,4-9H2. The third kappa shape index (κ3) is 2.27. The molecule has 22 heavy (non-hydrogen) atoms. The van der Waals surface area contributed by atoms with Crippen LogP contribution in [0.3, 0.4) is 0 Å². The number of hydrogen-bond acceptors (Lipinski definition) is 5. The fraction of sp³-hybridized carbons (Fsp3) is 0.467. The molecule has 1 aromatic carbocycles. The second-order valence-electron chi connectivity index (χ2n) is 5.71. The summed E-state index contributed by atoms with van der Waals surface area (Å²) in [6, 6.07) is 5.89. The van der Waals surface area contributed by atoms with E-state index in [4.69, 9.17) is 16.3 Å². The number of nitrogens with zero attached hydrogens (tertiary/aromatic N) is 4. The van der Waals surface area contributed by atoms with Gasteiger partial charge >= 0.3 is 0 Å². The Morgan fingerprint density at radius 1 is 1.18 bits per heavy atom. The number of ether oxygens (including phenoxy) is 1. The van der Waals surface area contributed by atoms with E-state index in [0.29, 0.717) is 22.0 Å². The van der Waals surface area contributed by atoms with E-state index in [9.17, 15) is 4.79 Å². The molecule has 0 N–H and O–H groups in total. The Hall–Kier alpha value is -1.63. The second kappa shape index (κ2) is 5.53. The maximum absolute atomic E-state index is 12.7. The van der Waals surface area contributed by atoms with Gasteiger partial charge in [0.05, 0.1) is 35.2 Å². The van der Waals surface area contributed by atoms with Crippen molar-refractivity contribution in [1.29, 1.82) is 0 Å². The smallest absolute Gasteiger partial charge is 0.281 e. The number of aromatic nitrogens is 2. The first-order valence-corrected chi connectivity index (χ1v) is 7.85. The molecule has 0 unspecified atom stereocenters. The minimum atomic E-state index is -0.101. The van der Waals surface area contributed by atoms with Crippen LogP contribution < -0.4 is 10.6 Å². The molecular weight excluding hydrogens is 304 g/mol. The molecule has 0 aliphatic carbocycles. The van der Waals surface area contributed by atoms with Gasteiger partial charge in [-0.25, -0.2) is 9.66 Å². The first-order valence-electron chi connectivity index (χ1n) is 7.47. The average Bonchev–Trinajstić information content (AvgIpc) is 2.47. The number of fused-ring (bicyclic) bond motifs is 1. The molecule has 2 fully saturated rings. The molecule has 4 rings (SSSR count). The van der Waals surface area contributed by atoms with Crippen LogP contribution in [0.1, 0.15) is 0 Å². The molecule has 116 valence electrons. The third-order valence-corrected chi connectivity index (χ3v) is 4.77. The van der Waals surface area contributed by atoms with Crippen LogP contribution in [-0.2, 0) is 4.74 Å². The summed E-state index contributed by atoms with van der Waals surface area (Å²) in [5.41, 5.74) is 0.537. The Morgan fingerprint density at radius 2 is 1.95 bits per heavy atom. The van der Waals surface area contributed by atoms with E-state index >= 15 is 0 Å². The van der Waals surface area contributed by atoms with E-state index in [-0.39, 0.29) is 5.56 Å². The van der Waals surface area contributed by atoms with Gasteiger partial charge in [-0.2, -0.15) is 0 Å². The molecular formula is C15H17ClN4O2. The van der Waals surface area contributed by atoms with Crippen LogP contribution in [0.15, 0.2) is 29.3 Å². The third-order valence-electron chi connectivity index (χ3n) is 4.45. The lowest BCUT2D eigenvalue weighted by molar-refractivity contribution is -0.0672. The van der Waals surface area contributed by atoms with Gasteiger partial charge in [0, 0.05) is 26.2 Å². The molecule has 2 saturated heterocycles. The molecule has 6 nitrogen and oxygen atoms in total. The molecule has 7 heteroatoms. The Kier molecular flexibility index (Phi) is 3.52. The minimum Gasteiger partial charge on any atom is -0.378 e. The van der Waals surface area contributed by atoms with E-state index in [2.05, 4.69) is 9.88 Å². The summed E-state index contributed by atoms with van der Waals surface area (Å²) in [6.07, 6.45) is 1.60. The first-order chi connectivity index (χ1) is 10.7. The maximum Gasteiger partial charge on any atom is 0.281 e. The van der Waals surface area contributed by atoms with E-state index in [0.717, 1.165) is 39.4 Å². The molecule has 0 bridgehead atoms. The molecule has 0 atom stereocenters. The van der Waals surface area contributed by atoms with Crippen LogP contribution in [0, 0.1) is 0 Å². The summed E-state index contributed by atoms with van der Waals surface area (Å²) < 4.78 is 6.84. The van der Waals surface area contributed by atoms with Gasteiger partial charge in [-0.3, -0.25) is 9.69 Å². The molecule has 3 heterocycles. The van der Waals surface area contributed by atoms with E-state index in [1.54, 1.807) is 23.1 Å². The summed E-state index contributed by atoms with van der Waals surface area (Å²) in [7, 11) is 0. The second-order valence-corrected chi connectivity index (χ2v) is 6.12. The largest absolute Gasteiger partial charge is 0.378 e. The number of piperazine rings is 1. The van der Waals surface area contributed by atoms with Crippen LogP contribution in [0.2, 0.25) is 5.02 Å². The zero-order valence-electron chi connectivity index (χ0n) is 12.1. The lowest BCUT2D eigenvalue weighted by Crippen LogP contribution is -2.60. The van der Waals surface area contributed by atoms with Crippen molar-refractivity contribution < 1.29 is 4.74 Å². The molecule has 1 aromatic heterocycles. The average molecular weight is 321 g/mol. The van der Waals surface area contributed by atoms with Gasteiger partial charge in [-0.05, 0) is 12.1 Å². The monoisotopic (exact) mass is 320 g/mol. The Bertz CT molecular complexity index is 751. The van der Waals surface area contributed by atoms with Gasteiger partial charge in [0.25, 0.3) is 5.56 Å². The Morgan fingerprint density at radius 3 is 2.64 bits per heavy atom. The van der Waals surface area contributed by atoms with Crippen molar-refractivity contribution in [3.8, 4) is 0 Å². The maximum atomic E-state index is 12.7. The van der Waals surface area contributed by atoms with Gasteiger partial charge in [-0.1, -0.05) is 17.7 Å². The fourth-order valence-corrected chi connectivity index (χ4v) is 3.29. The summed E-state index contributed by atoms with van der Waals surface area (Å²) in [6.45, 7) is 5.12. The van der Waals surface area contributed by atoms with Crippen molar-refractivity contribution in [2.45, 2.75) is 6.04 Å². The Labute approximate surface area is 132 Å². The highest BCUT2D eigenvalue weighted by atomic mass is 35.5. The van der Waals surface area contributed by atoms with Gasteiger partial charge in [0.2, 0.25) is 0 Å². The number of halogens is 1. The topological polar surface area (TPSA) is 50.6 Å². The SMILES string of the molecule is O=c1c2c(Cl)cccc2ncn1N1CCN(C2COC2)CC1. The van der Waals surface area contributed by atoms with Gasteiger partial charge in [-0.15, -0.1) is 0 Å². The minimum absolute atomic E-state index is 0.101. The molecule has 2 aliphatic rings. The summed E-state index contributed by atoms with van der Waals surface area (Å²) in [5, 5.41) is 2.98. The van der Waals surface area contributed by atoms with Crippen molar-refractivity contribution in [2.75, 3.05) is 44.4 Å². The van der Waals surface area contributed by atoms with Crippen molar-refractivity contribution >= 4 is 22.5 Å². The zero-order chi connectivity index (χ0) is 15.1. The lowest BCUT2D eigenvalue weighted by Gasteiger charge is -2.43. The van der Waals surface area contributed by atoms with Gasteiger partial charge in [0.15, 0.2) is 0 Å². The van der Waals surface area contributed by atoms with Crippen LogP contribution in [0.4, 0.5) is 0 Å². The molecule has 2 aromatic rings. The quantitative estimate of drug-likeness (QED) is 0.815. The highest BCUT2D eigenvalue weighted by Crippen LogP contribution is 2.18. The van der Waals surface area contributed by atoms with Crippen molar-refractivity contribution in [1.82, 2.24) is 14.6 Å². The molecule has 0 spiro atoms. The van der Waals surface area contributed by atoms with Crippen molar-refractivity contribution in [2.24, 2.45) is 0 Å². The van der Waals surface area contributed by atoms with Crippen LogP contribution >= 0.6 is 11.6 Å². The Balaban J connectivity index is 1.61. The summed E-state index contributed by atoms with van der Waals surface area (Å²) in [4.78, 5) is 19.5. The predicted octanol–water partition coefficient (Wildman–Crippen LogP) is 0.702. The molecule has 0 saturated carbocycles. The fourth-order valence-electron chi connectivity index (χ4n) is 3.04. The summed E-state index contributed by atoms with van der Waals surface area (Å²) in [5.74, 6) is 0. The zero-order valence-corrected chi connectivity index (χ0v) is 12.9. The van der Waals surface area contributed by atoms with E-state index < -0.39 is 0 Å². The summed E-state index contributed by atoms with van der Waals surface area (Å²) >= 11 is 6.17. The number of hydrogen-bond donors (Lipinski definition) is 0. The van der Waals surface area contributed by atoms with Crippen molar-refractivity contribution in [3.63, 3.8) is 0 Å². The van der Waals surface area contributed by atoms with E-state index in [1.165, 1.54) is 0 Å². The van der Waals surface area contributed by atoms with Crippen molar-refractivity contribution in [3.05, 3.63) is 39.9 Å². The van der Waals surface area contributed by atoms with Gasteiger partial charge < -0.3 is 9.75 Å². The van der Waals surface area contributed by atoms with Crippen LogP contribution in [0.5, 0.6) is 0 Å².